The van der Waals surface area contributed by atoms with E-state index in [9.17, 15) is 0 Å². The highest BCUT2D eigenvalue weighted by atomic mass is 32.1. The zero-order valence-corrected chi connectivity index (χ0v) is 11.8. The fraction of sp³-hybridized carbons (Fsp3) is 0.467. The quantitative estimate of drug-likeness (QED) is 0.643. The molecule has 3 heteroatoms. The van der Waals surface area contributed by atoms with Crippen LogP contribution >= 0.6 is 12.6 Å². The zero-order valence-electron chi connectivity index (χ0n) is 10.9. The van der Waals surface area contributed by atoms with E-state index in [1.807, 2.05) is 0 Å². The summed E-state index contributed by atoms with van der Waals surface area (Å²) in [7, 11) is 2.18. The highest BCUT2D eigenvalue weighted by molar-refractivity contribution is 7.80. The predicted molar refractivity (Wildman–Crippen MR) is 81.5 cm³/mol. The molecular formula is C15H20N2S. The lowest BCUT2D eigenvalue weighted by atomic mass is 10.2. The Morgan fingerprint density at radius 3 is 2.39 bits per heavy atom. The van der Waals surface area contributed by atoms with Crippen LogP contribution in [0.1, 0.15) is 12.0 Å². The van der Waals surface area contributed by atoms with Gasteiger partial charge in [-0.2, -0.15) is 12.6 Å². The summed E-state index contributed by atoms with van der Waals surface area (Å²) < 4.78 is 0. The van der Waals surface area contributed by atoms with Gasteiger partial charge in [-0.25, -0.2) is 0 Å². The molecule has 18 heavy (non-hydrogen) atoms. The smallest absolute Gasteiger partial charge is 0.0367 e. The van der Waals surface area contributed by atoms with Gasteiger partial charge in [0.25, 0.3) is 0 Å². The van der Waals surface area contributed by atoms with Crippen LogP contribution in [0.3, 0.4) is 0 Å². The largest absolute Gasteiger partial charge is 0.369 e. The summed E-state index contributed by atoms with van der Waals surface area (Å²) >= 11 is 4.15. The lowest BCUT2D eigenvalue weighted by molar-refractivity contribution is 0.313. The molecule has 1 aromatic rings. The van der Waals surface area contributed by atoms with Gasteiger partial charge in [0.2, 0.25) is 0 Å². The van der Waals surface area contributed by atoms with E-state index in [4.69, 9.17) is 0 Å². The first-order chi connectivity index (χ1) is 8.79. The first-order valence-electron chi connectivity index (χ1n) is 6.43. The van der Waals surface area contributed by atoms with Gasteiger partial charge in [-0.1, -0.05) is 11.8 Å². The molecule has 1 fully saturated rings. The monoisotopic (exact) mass is 260 g/mol. The fourth-order valence-corrected chi connectivity index (χ4v) is 2.15. The zero-order chi connectivity index (χ0) is 12.8. The van der Waals surface area contributed by atoms with Crippen molar-refractivity contribution < 1.29 is 0 Å². The molecule has 0 amide bonds. The Bertz CT molecular complexity index is 422. The summed E-state index contributed by atoms with van der Waals surface area (Å²) in [6.07, 6.45) is 0.851. The summed E-state index contributed by atoms with van der Waals surface area (Å²) in [5.41, 5.74) is 2.40. The van der Waals surface area contributed by atoms with Gasteiger partial charge in [0.05, 0.1) is 0 Å². The molecule has 0 radical (unpaired) electrons. The second kappa shape index (κ2) is 6.72. The van der Waals surface area contributed by atoms with Crippen molar-refractivity contribution in [2.45, 2.75) is 6.42 Å². The Labute approximate surface area is 115 Å². The molecule has 2 rings (SSSR count). The Kier molecular flexibility index (Phi) is 4.98. The maximum atomic E-state index is 4.15. The molecule has 0 saturated carbocycles. The number of piperazine rings is 1. The van der Waals surface area contributed by atoms with Crippen LogP contribution in [0.25, 0.3) is 0 Å². The molecule has 1 aromatic carbocycles. The third kappa shape index (κ3) is 3.69. The van der Waals surface area contributed by atoms with Gasteiger partial charge in [-0.05, 0) is 31.3 Å². The molecule has 0 bridgehead atoms. The normalized spacial score (nSPS) is 16.2. The van der Waals surface area contributed by atoms with E-state index in [0.29, 0.717) is 0 Å². The van der Waals surface area contributed by atoms with E-state index in [0.717, 1.165) is 43.9 Å². The second-order valence-electron chi connectivity index (χ2n) is 4.61. The van der Waals surface area contributed by atoms with Gasteiger partial charge in [0.1, 0.15) is 0 Å². The van der Waals surface area contributed by atoms with Crippen molar-refractivity contribution in [1.82, 2.24) is 4.90 Å². The maximum absolute atomic E-state index is 4.15. The van der Waals surface area contributed by atoms with Crippen molar-refractivity contribution in [3.63, 3.8) is 0 Å². The molecule has 0 unspecified atom stereocenters. The minimum absolute atomic E-state index is 0.826. The van der Waals surface area contributed by atoms with Gasteiger partial charge >= 0.3 is 0 Å². The average molecular weight is 260 g/mol. The van der Waals surface area contributed by atoms with E-state index in [-0.39, 0.29) is 0 Å². The molecule has 0 N–H and O–H groups in total. The van der Waals surface area contributed by atoms with Gasteiger partial charge < -0.3 is 9.80 Å². The van der Waals surface area contributed by atoms with Crippen molar-refractivity contribution >= 4 is 18.3 Å². The maximum Gasteiger partial charge on any atom is 0.0367 e. The van der Waals surface area contributed by atoms with E-state index < -0.39 is 0 Å². The highest BCUT2D eigenvalue weighted by Gasteiger charge is 2.13. The Balaban J connectivity index is 1.97. The third-order valence-corrected chi connectivity index (χ3v) is 3.43. The van der Waals surface area contributed by atoms with E-state index in [1.54, 1.807) is 0 Å². The van der Waals surface area contributed by atoms with Gasteiger partial charge in [0.15, 0.2) is 0 Å². The number of hydrogen-bond donors (Lipinski definition) is 1. The minimum Gasteiger partial charge on any atom is -0.369 e. The van der Waals surface area contributed by atoms with Crippen LogP contribution in [0, 0.1) is 11.8 Å². The van der Waals surface area contributed by atoms with Gasteiger partial charge in [-0.3, -0.25) is 0 Å². The predicted octanol–water partition coefficient (Wildman–Crippen LogP) is 2.11. The standard InChI is InChI=1S/C15H20N2S/c1-16-9-11-17(12-10-16)15-7-5-14(6-8-15)4-2-3-13-18/h5-8,18H,3,9-13H2,1H3. The Morgan fingerprint density at radius 1 is 1.11 bits per heavy atom. The molecule has 2 nitrogen and oxygen atoms in total. The summed E-state index contributed by atoms with van der Waals surface area (Å²) in [5.74, 6) is 7.09. The molecule has 96 valence electrons. The highest BCUT2D eigenvalue weighted by Crippen LogP contribution is 2.16. The fourth-order valence-electron chi connectivity index (χ4n) is 2.04. The van der Waals surface area contributed by atoms with Crippen LogP contribution in [0.15, 0.2) is 24.3 Å². The first kappa shape index (κ1) is 13.3. The number of likely N-dealkylation sites (N-methyl/N-ethyl adjacent to an activating group) is 1. The molecular weight excluding hydrogens is 240 g/mol. The Morgan fingerprint density at radius 2 is 1.78 bits per heavy atom. The van der Waals surface area contributed by atoms with Crippen molar-refractivity contribution in [3.8, 4) is 11.8 Å². The van der Waals surface area contributed by atoms with Crippen LogP contribution in [0.5, 0.6) is 0 Å². The molecule has 1 aliphatic heterocycles. The number of rotatable bonds is 2. The van der Waals surface area contributed by atoms with Crippen molar-refractivity contribution in [1.29, 1.82) is 0 Å². The molecule has 0 spiro atoms. The SMILES string of the molecule is CN1CCN(c2ccc(C#CCCS)cc2)CC1. The van der Waals surface area contributed by atoms with Crippen molar-refractivity contribution in [3.05, 3.63) is 29.8 Å². The number of nitrogens with zero attached hydrogens (tertiary/aromatic N) is 2. The summed E-state index contributed by atoms with van der Waals surface area (Å²) in [6.45, 7) is 4.51. The lowest BCUT2D eigenvalue weighted by Crippen LogP contribution is -2.44. The minimum atomic E-state index is 0.826. The number of hydrogen-bond acceptors (Lipinski definition) is 3. The number of thiol groups is 1. The molecule has 1 saturated heterocycles. The van der Waals surface area contributed by atoms with Crippen LogP contribution in [0.2, 0.25) is 0 Å². The molecule has 0 aromatic heterocycles. The van der Waals surface area contributed by atoms with Gasteiger partial charge in [0, 0.05) is 49.6 Å². The van der Waals surface area contributed by atoms with Crippen LogP contribution in [-0.4, -0.2) is 43.9 Å². The first-order valence-corrected chi connectivity index (χ1v) is 7.06. The lowest BCUT2D eigenvalue weighted by Gasteiger charge is -2.34. The number of anilines is 1. The molecule has 1 aliphatic rings. The average Bonchev–Trinajstić information content (AvgIpc) is 2.41. The molecule has 0 aliphatic carbocycles. The van der Waals surface area contributed by atoms with E-state index >= 15 is 0 Å². The van der Waals surface area contributed by atoms with Crippen molar-refractivity contribution in [2.75, 3.05) is 43.9 Å². The Hall–Kier alpha value is -1.11. The van der Waals surface area contributed by atoms with Crippen molar-refractivity contribution in [2.24, 2.45) is 0 Å². The number of benzene rings is 1. The molecule has 1 heterocycles. The van der Waals surface area contributed by atoms with E-state index in [1.165, 1.54) is 5.69 Å². The van der Waals surface area contributed by atoms with Crippen LogP contribution in [0.4, 0.5) is 5.69 Å². The third-order valence-electron chi connectivity index (χ3n) is 3.21. The second-order valence-corrected chi connectivity index (χ2v) is 5.06. The summed E-state index contributed by atoms with van der Waals surface area (Å²) in [5, 5.41) is 0. The summed E-state index contributed by atoms with van der Waals surface area (Å²) in [6, 6.07) is 8.57. The van der Waals surface area contributed by atoms with Gasteiger partial charge in [-0.15, -0.1) is 0 Å². The van der Waals surface area contributed by atoms with Crippen LogP contribution < -0.4 is 4.90 Å². The molecule has 0 atom stereocenters. The summed E-state index contributed by atoms with van der Waals surface area (Å²) in [4.78, 5) is 4.80. The van der Waals surface area contributed by atoms with Crippen LogP contribution in [-0.2, 0) is 0 Å². The van der Waals surface area contributed by atoms with E-state index in [2.05, 4.69) is 65.6 Å². The topological polar surface area (TPSA) is 6.48 Å².